The molecule has 2 heterocycles. The summed E-state index contributed by atoms with van der Waals surface area (Å²) in [4.78, 5) is 16.3. The standard InChI is InChI=1S/C12H17BrN2O2/c1-3-8(12(16)17-2)11-14-10(13)9-6-4-5-7-15(9)11/h8H,3-7H2,1-2H3. The molecule has 0 aliphatic carbocycles. The van der Waals surface area contributed by atoms with Crippen molar-refractivity contribution in [2.24, 2.45) is 0 Å². The molecule has 1 atom stereocenters. The highest BCUT2D eigenvalue weighted by atomic mass is 79.9. The number of carbonyl (C=O) groups excluding carboxylic acids is 1. The van der Waals surface area contributed by atoms with Crippen molar-refractivity contribution in [3.63, 3.8) is 0 Å². The molecule has 4 nitrogen and oxygen atoms in total. The van der Waals surface area contributed by atoms with Gasteiger partial charge in [-0.2, -0.15) is 0 Å². The molecule has 5 heteroatoms. The van der Waals surface area contributed by atoms with Gasteiger partial charge in [-0.15, -0.1) is 0 Å². The summed E-state index contributed by atoms with van der Waals surface area (Å²) in [5.41, 5.74) is 1.22. The summed E-state index contributed by atoms with van der Waals surface area (Å²) in [7, 11) is 1.43. The Morgan fingerprint density at radius 1 is 1.59 bits per heavy atom. The zero-order valence-corrected chi connectivity index (χ0v) is 11.8. The molecule has 0 saturated heterocycles. The van der Waals surface area contributed by atoms with Crippen molar-refractivity contribution >= 4 is 21.9 Å². The van der Waals surface area contributed by atoms with E-state index in [2.05, 4.69) is 25.5 Å². The number of esters is 1. The SMILES string of the molecule is CCC(C(=O)OC)c1nc(Br)c2n1CCCC2. The molecular weight excluding hydrogens is 284 g/mol. The Labute approximate surface area is 109 Å². The smallest absolute Gasteiger partial charge is 0.316 e. The van der Waals surface area contributed by atoms with Crippen LogP contribution in [0.2, 0.25) is 0 Å². The average molecular weight is 301 g/mol. The lowest BCUT2D eigenvalue weighted by molar-refractivity contribution is -0.142. The molecule has 0 spiro atoms. The Morgan fingerprint density at radius 2 is 2.35 bits per heavy atom. The molecule has 0 bridgehead atoms. The summed E-state index contributed by atoms with van der Waals surface area (Å²) in [6.45, 7) is 2.94. The fraction of sp³-hybridized carbons (Fsp3) is 0.667. The lowest BCUT2D eigenvalue weighted by atomic mass is 10.0. The zero-order chi connectivity index (χ0) is 12.4. The minimum absolute atomic E-state index is 0.196. The number of halogens is 1. The van der Waals surface area contributed by atoms with Crippen molar-refractivity contribution in [2.45, 2.75) is 45.1 Å². The molecule has 1 aliphatic heterocycles. The number of hydrogen-bond acceptors (Lipinski definition) is 3. The van der Waals surface area contributed by atoms with E-state index in [9.17, 15) is 4.79 Å². The molecule has 0 N–H and O–H groups in total. The first kappa shape index (κ1) is 12.6. The van der Waals surface area contributed by atoms with Crippen LogP contribution in [0.5, 0.6) is 0 Å². The molecule has 17 heavy (non-hydrogen) atoms. The van der Waals surface area contributed by atoms with Gasteiger partial charge >= 0.3 is 5.97 Å². The Hall–Kier alpha value is -0.840. The van der Waals surface area contributed by atoms with Crippen LogP contribution in [0, 0.1) is 0 Å². The highest BCUT2D eigenvalue weighted by Crippen LogP contribution is 2.30. The zero-order valence-electron chi connectivity index (χ0n) is 10.2. The van der Waals surface area contributed by atoms with Gasteiger partial charge < -0.3 is 9.30 Å². The number of aromatic nitrogens is 2. The maximum absolute atomic E-state index is 11.7. The fourth-order valence-electron chi connectivity index (χ4n) is 2.39. The summed E-state index contributed by atoms with van der Waals surface area (Å²) in [6.07, 6.45) is 4.10. The lowest BCUT2D eigenvalue weighted by Gasteiger charge is -2.19. The van der Waals surface area contributed by atoms with E-state index in [4.69, 9.17) is 4.74 Å². The maximum atomic E-state index is 11.7. The van der Waals surface area contributed by atoms with Crippen molar-refractivity contribution in [3.8, 4) is 0 Å². The van der Waals surface area contributed by atoms with Crippen molar-refractivity contribution in [3.05, 3.63) is 16.1 Å². The van der Waals surface area contributed by atoms with Gasteiger partial charge in [0, 0.05) is 6.54 Å². The number of imidazole rings is 1. The normalized spacial score (nSPS) is 16.4. The largest absolute Gasteiger partial charge is 0.468 e. The van der Waals surface area contributed by atoms with Crippen LogP contribution in [0.15, 0.2) is 4.60 Å². The van der Waals surface area contributed by atoms with E-state index in [-0.39, 0.29) is 11.9 Å². The molecule has 0 aromatic carbocycles. The van der Waals surface area contributed by atoms with Crippen LogP contribution in [-0.2, 0) is 22.5 Å². The van der Waals surface area contributed by atoms with Crippen LogP contribution >= 0.6 is 15.9 Å². The second kappa shape index (κ2) is 5.21. The Morgan fingerprint density at radius 3 is 3.00 bits per heavy atom. The van der Waals surface area contributed by atoms with Crippen molar-refractivity contribution in [1.29, 1.82) is 0 Å². The quantitative estimate of drug-likeness (QED) is 0.806. The van der Waals surface area contributed by atoms with E-state index in [1.807, 2.05) is 6.92 Å². The van der Waals surface area contributed by atoms with E-state index in [1.54, 1.807) is 0 Å². The van der Waals surface area contributed by atoms with Crippen molar-refractivity contribution in [1.82, 2.24) is 9.55 Å². The summed E-state index contributed by atoms with van der Waals surface area (Å²) >= 11 is 3.49. The van der Waals surface area contributed by atoms with Crippen molar-refractivity contribution in [2.75, 3.05) is 7.11 Å². The first-order chi connectivity index (χ1) is 8.19. The molecule has 0 saturated carbocycles. The van der Waals surface area contributed by atoms with Gasteiger partial charge in [-0.05, 0) is 41.6 Å². The summed E-state index contributed by atoms with van der Waals surface area (Å²) in [6, 6.07) is 0. The molecule has 0 fully saturated rings. The summed E-state index contributed by atoms with van der Waals surface area (Å²) < 4.78 is 7.91. The van der Waals surface area contributed by atoms with E-state index in [0.29, 0.717) is 0 Å². The third kappa shape index (κ3) is 2.25. The molecule has 1 aromatic heterocycles. The second-order valence-electron chi connectivity index (χ2n) is 4.30. The van der Waals surface area contributed by atoms with Gasteiger partial charge in [-0.25, -0.2) is 4.98 Å². The molecular formula is C12H17BrN2O2. The number of methoxy groups -OCH3 is 1. The molecule has 2 rings (SSSR count). The topological polar surface area (TPSA) is 44.1 Å². The minimum atomic E-state index is -0.247. The number of nitrogens with zero attached hydrogens (tertiary/aromatic N) is 2. The predicted molar refractivity (Wildman–Crippen MR) is 67.9 cm³/mol. The molecule has 1 aromatic rings. The van der Waals surface area contributed by atoms with E-state index < -0.39 is 0 Å². The van der Waals surface area contributed by atoms with Crippen LogP contribution in [0.4, 0.5) is 0 Å². The van der Waals surface area contributed by atoms with Crippen LogP contribution in [0.3, 0.4) is 0 Å². The number of fused-ring (bicyclic) bond motifs is 1. The fourth-order valence-corrected chi connectivity index (χ4v) is 2.98. The van der Waals surface area contributed by atoms with Crippen LogP contribution in [0.1, 0.15) is 43.6 Å². The van der Waals surface area contributed by atoms with E-state index in [1.165, 1.54) is 19.2 Å². The Kier molecular flexibility index (Phi) is 3.86. The third-order valence-electron chi connectivity index (χ3n) is 3.30. The molecule has 0 amide bonds. The van der Waals surface area contributed by atoms with Crippen LogP contribution in [0.25, 0.3) is 0 Å². The van der Waals surface area contributed by atoms with Gasteiger partial charge in [0.2, 0.25) is 0 Å². The number of hydrogen-bond donors (Lipinski definition) is 0. The lowest BCUT2D eigenvalue weighted by Crippen LogP contribution is -2.21. The second-order valence-corrected chi connectivity index (χ2v) is 5.05. The number of ether oxygens (including phenoxy) is 1. The van der Waals surface area contributed by atoms with Gasteiger partial charge in [0.1, 0.15) is 16.3 Å². The third-order valence-corrected chi connectivity index (χ3v) is 3.94. The van der Waals surface area contributed by atoms with Gasteiger partial charge in [0.05, 0.1) is 12.8 Å². The van der Waals surface area contributed by atoms with Gasteiger partial charge in [0.25, 0.3) is 0 Å². The molecule has 0 radical (unpaired) electrons. The predicted octanol–water partition coefficient (Wildman–Crippen LogP) is 2.65. The van der Waals surface area contributed by atoms with Gasteiger partial charge in [-0.1, -0.05) is 6.92 Å². The van der Waals surface area contributed by atoms with Gasteiger partial charge in [0.15, 0.2) is 0 Å². The Bertz CT molecular complexity index is 428. The first-order valence-corrected chi connectivity index (χ1v) is 6.81. The van der Waals surface area contributed by atoms with E-state index >= 15 is 0 Å². The first-order valence-electron chi connectivity index (χ1n) is 6.01. The van der Waals surface area contributed by atoms with Crippen LogP contribution < -0.4 is 0 Å². The molecule has 1 aliphatic rings. The van der Waals surface area contributed by atoms with Gasteiger partial charge in [-0.3, -0.25) is 4.79 Å². The maximum Gasteiger partial charge on any atom is 0.316 e. The minimum Gasteiger partial charge on any atom is -0.468 e. The molecule has 94 valence electrons. The summed E-state index contributed by atoms with van der Waals surface area (Å²) in [5.74, 6) is 0.405. The molecule has 1 unspecified atom stereocenters. The number of rotatable bonds is 3. The van der Waals surface area contributed by atoms with Crippen molar-refractivity contribution < 1.29 is 9.53 Å². The monoisotopic (exact) mass is 300 g/mol. The highest BCUT2D eigenvalue weighted by Gasteiger charge is 2.28. The summed E-state index contributed by atoms with van der Waals surface area (Å²) in [5, 5.41) is 0. The Balaban J connectivity index is 2.40. The van der Waals surface area contributed by atoms with E-state index in [0.717, 1.165) is 36.2 Å². The average Bonchev–Trinajstić information content (AvgIpc) is 2.68. The highest BCUT2D eigenvalue weighted by molar-refractivity contribution is 9.10. The van der Waals surface area contributed by atoms with Crippen LogP contribution in [-0.4, -0.2) is 22.6 Å². The number of carbonyl (C=O) groups is 1.